The van der Waals surface area contributed by atoms with Gasteiger partial charge in [-0.15, -0.1) is 13.2 Å². The monoisotopic (exact) mass is 406 g/mol. The maximum Gasteiger partial charge on any atom is 0.573 e. The standard InChI is InChI=1S/C20H17F3N2O4/c1-11-15(16-10-14(29-20(21,22)23)6-7-17(16)25-11)8-9-24-18(26)12-2-4-13(5-3-12)19(27)28/h2-7,10,25H,8-9H2,1H3,(H,24,26)(H,27,28). The number of aromatic amines is 1. The van der Waals surface area contributed by atoms with Gasteiger partial charge in [0.1, 0.15) is 5.75 Å². The number of nitrogens with one attached hydrogen (secondary N) is 2. The third-order valence-electron chi connectivity index (χ3n) is 4.38. The van der Waals surface area contributed by atoms with Gasteiger partial charge in [0, 0.05) is 28.7 Å². The van der Waals surface area contributed by atoms with Crippen molar-refractivity contribution in [1.82, 2.24) is 10.3 Å². The van der Waals surface area contributed by atoms with Crippen LogP contribution in [0.1, 0.15) is 32.0 Å². The molecule has 0 aliphatic carbocycles. The number of aryl methyl sites for hydroxylation is 1. The van der Waals surface area contributed by atoms with Gasteiger partial charge in [-0.05, 0) is 61.4 Å². The Balaban J connectivity index is 1.69. The second-order valence-corrected chi connectivity index (χ2v) is 6.37. The number of alkyl halides is 3. The summed E-state index contributed by atoms with van der Waals surface area (Å²) in [6, 6.07) is 9.56. The van der Waals surface area contributed by atoms with Crippen LogP contribution in [0.4, 0.5) is 13.2 Å². The predicted molar refractivity (Wildman–Crippen MR) is 99.2 cm³/mol. The molecule has 3 N–H and O–H groups in total. The zero-order valence-electron chi connectivity index (χ0n) is 15.3. The molecule has 152 valence electrons. The van der Waals surface area contributed by atoms with Gasteiger partial charge in [0.15, 0.2) is 0 Å². The van der Waals surface area contributed by atoms with E-state index < -0.39 is 12.3 Å². The van der Waals surface area contributed by atoms with E-state index in [1.807, 2.05) is 0 Å². The second kappa shape index (κ2) is 7.86. The van der Waals surface area contributed by atoms with E-state index in [0.29, 0.717) is 22.9 Å². The number of rotatable bonds is 6. The molecule has 0 radical (unpaired) electrons. The number of hydrogen-bond acceptors (Lipinski definition) is 3. The van der Waals surface area contributed by atoms with Gasteiger partial charge >= 0.3 is 12.3 Å². The predicted octanol–water partition coefficient (Wildman–Crippen LogP) is 4.05. The van der Waals surface area contributed by atoms with Gasteiger partial charge in [0.05, 0.1) is 5.56 Å². The molecule has 6 nitrogen and oxygen atoms in total. The molecule has 0 bridgehead atoms. The Morgan fingerprint density at radius 1 is 1.10 bits per heavy atom. The van der Waals surface area contributed by atoms with Crippen LogP contribution in [-0.2, 0) is 6.42 Å². The van der Waals surface area contributed by atoms with Crippen molar-refractivity contribution >= 4 is 22.8 Å². The number of halogens is 3. The molecule has 0 atom stereocenters. The van der Waals surface area contributed by atoms with Crippen molar-refractivity contribution in [3.05, 3.63) is 64.8 Å². The molecule has 0 saturated heterocycles. The minimum Gasteiger partial charge on any atom is -0.478 e. The lowest BCUT2D eigenvalue weighted by molar-refractivity contribution is -0.274. The average Bonchev–Trinajstić information content (AvgIpc) is 2.95. The molecule has 3 aromatic rings. The summed E-state index contributed by atoms with van der Waals surface area (Å²) in [6.07, 6.45) is -4.39. The Labute approximate surface area is 163 Å². The normalized spacial score (nSPS) is 11.4. The van der Waals surface area contributed by atoms with E-state index in [1.54, 1.807) is 6.92 Å². The third kappa shape index (κ3) is 4.87. The third-order valence-corrected chi connectivity index (χ3v) is 4.38. The van der Waals surface area contributed by atoms with Crippen molar-refractivity contribution in [2.24, 2.45) is 0 Å². The van der Waals surface area contributed by atoms with Crippen LogP contribution >= 0.6 is 0 Å². The van der Waals surface area contributed by atoms with Gasteiger partial charge in [-0.1, -0.05) is 0 Å². The van der Waals surface area contributed by atoms with E-state index in [0.717, 1.165) is 11.3 Å². The van der Waals surface area contributed by atoms with E-state index in [-0.39, 0.29) is 23.8 Å². The molecular weight excluding hydrogens is 389 g/mol. The molecule has 0 fully saturated rings. The molecule has 9 heteroatoms. The molecule has 1 heterocycles. The largest absolute Gasteiger partial charge is 0.573 e. The van der Waals surface area contributed by atoms with Crippen molar-refractivity contribution in [1.29, 1.82) is 0 Å². The summed E-state index contributed by atoms with van der Waals surface area (Å²) < 4.78 is 41.4. The molecule has 29 heavy (non-hydrogen) atoms. The topological polar surface area (TPSA) is 91.4 Å². The lowest BCUT2D eigenvalue weighted by Crippen LogP contribution is -2.25. The van der Waals surface area contributed by atoms with E-state index >= 15 is 0 Å². The molecule has 0 unspecified atom stereocenters. The summed E-state index contributed by atoms with van der Waals surface area (Å²) in [4.78, 5) is 26.2. The van der Waals surface area contributed by atoms with Crippen LogP contribution in [0.2, 0.25) is 0 Å². The molecule has 0 aliphatic rings. The van der Waals surface area contributed by atoms with E-state index in [9.17, 15) is 22.8 Å². The number of carbonyl (C=O) groups excluding carboxylic acids is 1. The van der Waals surface area contributed by atoms with Gasteiger partial charge in [0.2, 0.25) is 0 Å². The summed E-state index contributed by atoms with van der Waals surface area (Å²) in [5, 5.41) is 12.2. The summed E-state index contributed by atoms with van der Waals surface area (Å²) >= 11 is 0. The van der Waals surface area contributed by atoms with Crippen molar-refractivity contribution in [3.63, 3.8) is 0 Å². The second-order valence-electron chi connectivity index (χ2n) is 6.37. The molecule has 0 spiro atoms. The average molecular weight is 406 g/mol. The number of carboxylic acids is 1. The number of carboxylic acid groups (broad SMARTS) is 1. The number of aromatic carboxylic acids is 1. The van der Waals surface area contributed by atoms with Crippen molar-refractivity contribution in [2.75, 3.05) is 6.54 Å². The van der Waals surface area contributed by atoms with Crippen molar-refractivity contribution in [2.45, 2.75) is 19.7 Å². The fraction of sp³-hybridized carbons (Fsp3) is 0.200. The van der Waals surface area contributed by atoms with Gasteiger partial charge in [-0.25, -0.2) is 4.79 Å². The molecule has 3 rings (SSSR count). The number of carbonyl (C=O) groups is 2. The molecule has 0 saturated carbocycles. The van der Waals surface area contributed by atoms with Crippen LogP contribution in [0.3, 0.4) is 0 Å². The van der Waals surface area contributed by atoms with Crippen LogP contribution < -0.4 is 10.1 Å². The Morgan fingerprint density at radius 2 is 1.76 bits per heavy atom. The Kier molecular flexibility index (Phi) is 5.49. The maximum absolute atomic E-state index is 12.5. The number of ether oxygens (including phenoxy) is 1. The Hall–Kier alpha value is -3.49. The first-order valence-corrected chi connectivity index (χ1v) is 8.62. The zero-order chi connectivity index (χ0) is 21.2. The Morgan fingerprint density at radius 3 is 2.38 bits per heavy atom. The molecule has 0 aliphatic heterocycles. The number of benzene rings is 2. The van der Waals surface area contributed by atoms with Gasteiger partial charge in [-0.2, -0.15) is 0 Å². The highest BCUT2D eigenvalue weighted by atomic mass is 19.4. The van der Waals surface area contributed by atoms with E-state index in [2.05, 4.69) is 15.0 Å². The first kappa shape index (κ1) is 20.2. The summed E-state index contributed by atoms with van der Waals surface area (Å²) in [5.74, 6) is -1.77. The highest BCUT2D eigenvalue weighted by Crippen LogP contribution is 2.29. The molecule has 1 aromatic heterocycles. The highest BCUT2D eigenvalue weighted by molar-refractivity contribution is 5.96. The van der Waals surface area contributed by atoms with Gasteiger partial charge < -0.3 is 20.1 Å². The van der Waals surface area contributed by atoms with Gasteiger partial charge in [-0.3, -0.25) is 4.79 Å². The summed E-state index contributed by atoms with van der Waals surface area (Å²) in [5.41, 5.74) is 2.61. The van der Waals surface area contributed by atoms with E-state index in [4.69, 9.17) is 5.11 Å². The SMILES string of the molecule is Cc1[nH]c2ccc(OC(F)(F)F)cc2c1CCNC(=O)c1ccc(C(=O)O)cc1. The van der Waals surface area contributed by atoms with Crippen molar-refractivity contribution in [3.8, 4) is 5.75 Å². The lowest BCUT2D eigenvalue weighted by Gasteiger charge is -2.09. The molecular formula is C20H17F3N2O4. The summed E-state index contributed by atoms with van der Waals surface area (Å²) in [6.45, 7) is 2.05. The quantitative estimate of drug-likeness (QED) is 0.576. The number of aromatic nitrogens is 1. The minimum atomic E-state index is -4.77. The van der Waals surface area contributed by atoms with Crippen molar-refractivity contribution < 1.29 is 32.6 Å². The highest BCUT2D eigenvalue weighted by Gasteiger charge is 2.31. The zero-order valence-corrected chi connectivity index (χ0v) is 15.3. The number of H-pyrrole nitrogens is 1. The van der Waals surface area contributed by atoms with E-state index in [1.165, 1.54) is 42.5 Å². The lowest BCUT2D eigenvalue weighted by atomic mass is 10.1. The fourth-order valence-electron chi connectivity index (χ4n) is 3.05. The number of amides is 1. The summed E-state index contributed by atoms with van der Waals surface area (Å²) in [7, 11) is 0. The van der Waals surface area contributed by atoms with Crippen LogP contribution in [0.15, 0.2) is 42.5 Å². The van der Waals surface area contributed by atoms with Crippen LogP contribution in [0.5, 0.6) is 5.75 Å². The fourth-order valence-corrected chi connectivity index (χ4v) is 3.05. The van der Waals surface area contributed by atoms with Crippen LogP contribution in [0.25, 0.3) is 10.9 Å². The van der Waals surface area contributed by atoms with Gasteiger partial charge in [0.25, 0.3) is 5.91 Å². The molecule has 2 aromatic carbocycles. The number of hydrogen-bond donors (Lipinski definition) is 3. The Bertz CT molecular complexity index is 1060. The van der Waals surface area contributed by atoms with Crippen LogP contribution in [-0.4, -0.2) is 34.9 Å². The molecule has 1 amide bonds. The smallest absolute Gasteiger partial charge is 0.478 e. The number of fused-ring (bicyclic) bond motifs is 1. The maximum atomic E-state index is 12.5. The van der Waals surface area contributed by atoms with Crippen LogP contribution in [0, 0.1) is 6.92 Å². The first-order chi connectivity index (χ1) is 13.6. The minimum absolute atomic E-state index is 0.0767. The first-order valence-electron chi connectivity index (χ1n) is 8.62.